The smallest absolute Gasteiger partial charge is 0.333 e. The molecule has 0 spiro atoms. The number of esters is 1. The van der Waals surface area contributed by atoms with Crippen molar-refractivity contribution in [1.29, 1.82) is 0 Å². The van der Waals surface area contributed by atoms with Crippen LogP contribution in [0.15, 0.2) is 110 Å². The Morgan fingerprint density at radius 1 is 1.10 bits per heavy atom. The van der Waals surface area contributed by atoms with E-state index in [-0.39, 0.29) is 5.97 Å². The second-order valence-electron chi connectivity index (χ2n) is 6.51. The molecule has 2 rings (SSSR count). The first-order valence-electron chi connectivity index (χ1n) is 9.41. The van der Waals surface area contributed by atoms with Crippen molar-refractivity contribution in [3.63, 3.8) is 0 Å². The summed E-state index contributed by atoms with van der Waals surface area (Å²) >= 11 is 0. The summed E-state index contributed by atoms with van der Waals surface area (Å²) in [6, 6.07) is 7.77. The van der Waals surface area contributed by atoms with Gasteiger partial charge in [0.1, 0.15) is 5.75 Å². The third kappa shape index (κ3) is 7.18. The maximum atomic E-state index is 11.4. The first-order chi connectivity index (χ1) is 14.0. The van der Waals surface area contributed by atoms with Crippen LogP contribution in [0.1, 0.15) is 19.8 Å². The third-order valence-electron chi connectivity index (χ3n) is 4.01. The van der Waals surface area contributed by atoms with Gasteiger partial charge < -0.3 is 14.4 Å². The highest BCUT2D eigenvalue weighted by atomic mass is 16.5. The van der Waals surface area contributed by atoms with E-state index in [0.717, 1.165) is 29.1 Å². The Morgan fingerprint density at radius 3 is 2.66 bits per heavy atom. The summed E-state index contributed by atoms with van der Waals surface area (Å²) in [6.07, 6.45) is 16.4. The maximum absolute atomic E-state index is 11.4. The number of hydrogen-bond acceptors (Lipinski definition) is 4. The lowest BCUT2D eigenvalue weighted by Gasteiger charge is -2.23. The van der Waals surface area contributed by atoms with Crippen LogP contribution < -0.4 is 9.64 Å². The SMILES string of the molecule is C=C(/C=C\C(=C)N1/C=C/C=C\C=C\Oc2ccccc21)CCCOC(=O)C(=C)C. The minimum atomic E-state index is -0.361. The van der Waals surface area contributed by atoms with Gasteiger partial charge in [-0.3, -0.25) is 0 Å². The van der Waals surface area contributed by atoms with Gasteiger partial charge in [-0.05, 0) is 50.1 Å². The van der Waals surface area contributed by atoms with Crippen molar-refractivity contribution in [3.05, 3.63) is 110 Å². The molecule has 0 amide bonds. The fourth-order valence-electron chi connectivity index (χ4n) is 2.47. The van der Waals surface area contributed by atoms with Gasteiger partial charge in [-0.1, -0.05) is 55.7 Å². The Kier molecular flexibility index (Phi) is 8.51. The molecule has 1 aromatic carbocycles. The number of para-hydroxylation sites is 2. The van der Waals surface area contributed by atoms with E-state index in [9.17, 15) is 4.79 Å². The molecule has 150 valence electrons. The molecule has 0 N–H and O–H groups in total. The van der Waals surface area contributed by atoms with E-state index < -0.39 is 0 Å². The molecule has 0 saturated carbocycles. The normalized spacial score (nSPS) is 16.2. The van der Waals surface area contributed by atoms with Crippen LogP contribution >= 0.6 is 0 Å². The molecular weight excluding hydrogens is 362 g/mol. The Balaban J connectivity index is 2.00. The summed E-state index contributed by atoms with van der Waals surface area (Å²) in [5.74, 6) is 0.372. The number of carbonyl (C=O) groups is 1. The van der Waals surface area contributed by atoms with Crippen molar-refractivity contribution < 1.29 is 14.3 Å². The monoisotopic (exact) mass is 389 g/mol. The number of fused-ring (bicyclic) bond motifs is 1. The van der Waals surface area contributed by atoms with Gasteiger partial charge in [-0.15, -0.1) is 0 Å². The summed E-state index contributed by atoms with van der Waals surface area (Å²) in [4.78, 5) is 13.3. The zero-order valence-corrected chi connectivity index (χ0v) is 16.8. The van der Waals surface area contributed by atoms with Gasteiger partial charge in [0, 0.05) is 17.5 Å². The first-order valence-corrected chi connectivity index (χ1v) is 9.41. The van der Waals surface area contributed by atoms with Gasteiger partial charge in [0.2, 0.25) is 0 Å². The molecule has 0 aliphatic carbocycles. The molecule has 4 heteroatoms. The molecule has 0 unspecified atom stereocenters. The number of carbonyl (C=O) groups excluding carboxylic acids is 1. The zero-order chi connectivity index (χ0) is 21.1. The first kappa shape index (κ1) is 21.8. The lowest BCUT2D eigenvalue weighted by atomic mass is 10.1. The van der Waals surface area contributed by atoms with Crippen LogP contribution in [-0.4, -0.2) is 12.6 Å². The van der Waals surface area contributed by atoms with Crippen LogP contribution in [0, 0.1) is 0 Å². The van der Waals surface area contributed by atoms with E-state index in [1.807, 2.05) is 71.8 Å². The summed E-state index contributed by atoms with van der Waals surface area (Å²) in [6.45, 7) is 13.8. The lowest BCUT2D eigenvalue weighted by molar-refractivity contribution is -0.139. The van der Waals surface area contributed by atoms with Crippen LogP contribution in [0.25, 0.3) is 0 Å². The fourth-order valence-corrected chi connectivity index (χ4v) is 2.47. The van der Waals surface area contributed by atoms with E-state index in [1.165, 1.54) is 0 Å². The van der Waals surface area contributed by atoms with Gasteiger partial charge >= 0.3 is 5.97 Å². The standard InChI is InChI=1S/C25H27NO3/c1-20(2)25(27)29-19-11-12-21(3)15-16-22(4)26-17-9-5-6-10-18-28-24-14-8-7-13-23(24)26/h5-10,13-18H,1,3-4,11-12,19H2,2H3/b6-5-,16-15-,17-9+,18-10+. The number of nitrogens with zero attached hydrogens (tertiary/aromatic N) is 1. The molecule has 0 aromatic heterocycles. The molecule has 0 fully saturated rings. The Morgan fingerprint density at radius 2 is 1.86 bits per heavy atom. The van der Waals surface area contributed by atoms with E-state index in [0.29, 0.717) is 18.6 Å². The number of rotatable bonds is 8. The summed E-state index contributed by atoms with van der Waals surface area (Å²) in [7, 11) is 0. The highest BCUT2D eigenvalue weighted by molar-refractivity contribution is 5.86. The van der Waals surface area contributed by atoms with Crippen molar-refractivity contribution in [2.24, 2.45) is 0 Å². The molecular formula is C25H27NO3. The van der Waals surface area contributed by atoms with Crippen LogP contribution in [0.3, 0.4) is 0 Å². The van der Waals surface area contributed by atoms with E-state index >= 15 is 0 Å². The van der Waals surface area contributed by atoms with Gasteiger partial charge in [0.05, 0.1) is 18.6 Å². The number of ether oxygens (including phenoxy) is 2. The van der Waals surface area contributed by atoms with Crippen molar-refractivity contribution in [1.82, 2.24) is 0 Å². The summed E-state index contributed by atoms with van der Waals surface area (Å²) < 4.78 is 10.8. The number of hydrogen-bond donors (Lipinski definition) is 0. The molecule has 1 aromatic rings. The topological polar surface area (TPSA) is 38.8 Å². The average molecular weight is 389 g/mol. The molecule has 0 bridgehead atoms. The molecule has 0 saturated heterocycles. The zero-order valence-electron chi connectivity index (χ0n) is 16.8. The number of anilines is 1. The van der Waals surface area contributed by atoms with Crippen molar-refractivity contribution >= 4 is 11.7 Å². The van der Waals surface area contributed by atoms with E-state index in [1.54, 1.807) is 13.2 Å². The van der Waals surface area contributed by atoms with Crippen molar-refractivity contribution in [2.75, 3.05) is 11.5 Å². The van der Waals surface area contributed by atoms with Gasteiger partial charge in [-0.2, -0.15) is 0 Å². The molecule has 29 heavy (non-hydrogen) atoms. The van der Waals surface area contributed by atoms with Gasteiger partial charge in [0.25, 0.3) is 0 Å². The molecule has 1 aliphatic heterocycles. The molecule has 0 radical (unpaired) electrons. The van der Waals surface area contributed by atoms with Crippen molar-refractivity contribution in [2.45, 2.75) is 19.8 Å². The number of allylic oxidation sites excluding steroid dienone is 7. The molecule has 1 heterocycles. The van der Waals surface area contributed by atoms with E-state index in [2.05, 4.69) is 19.7 Å². The minimum absolute atomic E-state index is 0.346. The van der Waals surface area contributed by atoms with Crippen LogP contribution in [0.4, 0.5) is 5.69 Å². The highest BCUT2D eigenvalue weighted by Gasteiger charge is 2.11. The molecule has 0 atom stereocenters. The van der Waals surface area contributed by atoms with Gasteiger partial charge in [0.15, 0.2) is 0 Å². The molecule has 4 nitrogen and oxygen atoms in total. The fraction of sp³-hybridized carbons (Fsp3) is 0.160. The maximum Gasteiger partial charge on any atom is 0.333 e. The van der Waals surface area contributed by atoms with Crippen molar-refractivity contribution in [3.8, 4) is 5.75 Å². The minimum Gasteiger partial charge on any atom is -0.463 e. The largest absolute Gasteiger partial charge is 0.463 e. The predicted molar refractivity (Wildman–Crippen MR) is 119 cm³/mol. The van der Waals surface area contributed by atoms with Crippen LogP contribution in [0.5, 0.6) is 5.75 Å². The van der Waals surface area contributed by atoms with E-state index in [4.69, 9.17) is 9.47 Å². The second-order valence-corrected chi connectivity index (χ2v) is 6.51. The van der Waals surface area contributed by atoms with Crippen LogP contribution in [-0.2, 0) is 9.53 Å². The summed E-state index contributed by atoms with van der Waals surface area (Å²) in [5.41, 5.74) is 2.98. The lowest BCUT2D eigenvalue weighted by Crippen LogP contribution is -2.14. The molecule has 1 aliphatic rings. The Hall–Kier alpha value is -3.53. The Bertz CT molecular complexity index is 887. The summed E-state index contributed by atoms with van der Waals surface area (Å²) in [5, 5.41) is 0. The predicted octanol–water partition coefficient (Wildman–Crippen LogP) is 5.99. The number of benzene rings is 1. The van der Waals surface area contributed by atoms with Gasteiger partial charge in [-0.25, -0.2) is 4.79 Å². The van der Waals surface area contributed by atoms with Crippen LogP contribution in [0.2, 0.25) is 0 Å². The average Bonchev–Trinajstić information content (AvgIpc) is 2.72. The quantitative estimate of drug-likeness (QED) is 0.237. The second kappa shape index (κ2) is 11.3. The third-order valence-corrected chi connectivity index (χ3v) is 4.01. The highest BCUT2D eigenvalue weighted by Crippen LogP contribution is 2.31. The Labute approximate surface area is 173 Å².